The molecule has 2 aliphatic heterocycles. The predicted molar refractivity (Wildman–Crippen MR) is 79.3 cm³/mol. The van der Waals surface area contributed by atoms with Gasteiger partial charge in [-0.2, -0.15) is 4.98 Å². The first-order valence-corrected chi connectivity index (χ1v) is 7.69. The molecule has 4 rings (SSSR count). The third-order valence-corrected chi connectivity index (χ3v) is 4.73. The summed E-state index contributed by atoms with van der Waals surface area (Å²) in [5.41, 5.74) is 7.09. The Kier molecular flexibility index (Phi) is 3.24. The Bertz CT molecular complexity index is 598. The Morgan fingerprint density at radius 3 is 2.57 bits per heavy atom. The predicted octanol–water partition coefficient (Wildman–Crippen LogP) is 2.19. The maximum absolute atomic E-state index is 6.11. The van der Waals surface area contributed by atoms with Gasteiger partial charge in [0.1, 0.15) is 0 Å². The molecular formula is C16H20N4O. The van der Waals surface area contributed by atoms with E-state index in [0.29, 0.717) is 24.0 Å². The van der Waals surface area contributed by atoms with Gasteiger partial charge in [-0.05, 0) is 37.8 Å². The zero-order valence-corrected chi connectivity index (χ0v) is 12.0. The maximum atomic E-state index is 6.11. The van der Waals surface area contributed by atoms with Crippen LogP contribution in [0.15, 0.2) is 34.9 Å². The SMILES string of the molecule is NC1CC2CCC(C1)N2Cc1noc(-c2ccccc2)n1. The van der Waals surface area contributed by atoms with Crippen molar-refractivity contribution in [2.45, 2.75) is 50.4 Å². The molecular weight excluding hydrogens is 264 g/mol. The van der Waals surface area contributed by atoms with Crippen molar-refractivity contribution in [1.29, 1.82) is 0 Å². The molecule has 21 heavy (non-hydrogen) atoms. The first kappa shape index (κ1) is 13.0. The fraction of sp³-hybridized carbons (Fsp3) is 0.500. The van der Waals surface area contributed by atoms with Crippen LogP contribution in [-0.2, 0) is 6.54 Å². The van der Waals surface area contributed by atoms with Gasteiger partial charge in [-0.15, -0.1) is 0 Å². The molecule has 5 nitrogen and oxygen atoms in total. The molecule has 0 amide bonds. The molecule has 0 aliphatic carbocycles. The standard InChI is InChI=1S/C16H20N4O/c17-12-8-13-6-7-14(9-12)20(13)10-15-18-16(21-19-15)11-4-2-1-3-5-11/h1-5,12-14H,6-10,17H2. The number of hydrogen-bond acceptors (Lipinski definition) is 5. The van der Waals surface area contributed by atoms with E-state index < -0.39 is 0 Å². The van der Waals surface area contributed by atoms with E-state index in [-0.39, 0.29) is 0 Å². The largest absolute Gasteiger partial charge is 0.334 e. The number of aromatic nitrogens is 2. The average Bonchev–Trinajstić information content (AvgIpc) is 3.05. The Morgan fingerprint density at radius 1 is 1.14 bits per heavy atom. The van der Waals surface area contributed by atoms with Gasteiger partial charge in [-0.3, -0.25) is 4.90 Å². The van der Waals surface area contributed by atoms with Crippen LogP contribution < -0.4 is 5.73 Å². The molecule has 2 unspecified atom stereocenters. The fourth-order valence-corrected chi connectivity index (χ4v) is 3.75. The summed E-state index contributed by atoms with van der Waals surface area (Å²) in [5.74, 6) is 1.38. The highest BCUT2D eigenvalue weighted by Gasteiger charge is 2.39. The number of piperidine rings is 1. The van der Waals surface area contributed by atoms with E-state index in [1.165, 1.54) is 12.8 Å². The number of nitrogens with two attached hydrogens (primary N) is 1. The van der Waals surface area contributed by atoms with Crippen molar-refractivity contribution >= 4 is 0 Å². The quantitative estimate of drug-likeness (QED) is 0.935. The zero-order valence-electron chi connectivity index (χ0n) is 12.0. The van der Waals surface area contributed by atoms with Crippen LogP contribution in [0.5, 0.6) is 0 Å². The van der Waals surface area contributed by atoms with Crippen LogP contribution in [0.4, 0.5) is 0 Å². The summed E-state index contributed by atoms with van der Waals surface area (Å²) in [6, 6.07) is 11.5. The van der Waals surface area contributed by atoms with Gasteiger partial charge in [0.05, 0.1) is 6.54 Å². The highest BCUT2D eigenvalue weighted by molar-refractivity contribution is 5.51. The molecule has 1 aromatic heterocycles. The smallest absolute Gasteiger partial charge is 0.257 e. The lowest BCUT2D eigenvalue weighted by Gasteiger charge is -2.36. The molecule has 5 heteroatoms. The lowest BCUT2D eigenvalue weighted by molar-refractivity contribution is 0.115. The topological polar surface area (TPSA) is 68.2 Å². The summed E-state index contributed by atoms with van der Waals surface area (Å²) in [4.78, 5) is 7.06. The Hall–Kier alpha value is -1.72. The number of hydrogen-bond donors (Lipinski definition) is 1. The molecule has 3 heterocycles. The van der Waals surface area contributed by atoms with Gasteiger partial charge in [0.15, 0.2) is 5.82 Å². The van der Waals surface area contributed by atoms with Gasteiger partial charge in [0, 0.05) is 23.7 Å². The van der Waals surface area contributed by atoms with Crippen LogP contribution in [0, 0.1) is 0 Å². The van der Waals surface area contributed by atoms with Crippen molar-refractivity contribution in [3.63, 3.8) is 0 Å². The first-order chi connectivity index (χ1) is 10.3. The molecule has 110 valence electrons. The van der Waals surface area contributed by atoms with Gasteiger partial charge in [-0.25, -0.2) is 0 Å². The number of fused-ring (bicyclic) bond motifs is 2. The van der Waals surface area contributed by atoms with Crippen LogP contribution >= 0.6 is 0 Å². The van der Waals surface area contributed by atoms with Crippen LogP contribution in [0.2, 0.25) is 0 Å². The Balaban J connectivity index is 1.50. The molecule has 2 fully saturated rings. The third-order valence-electron chi connectivity index (χ3n) is 4.73. The summed E-state index contributed by atoms with van der Waals surface area (Å²) in [6.45, 7) is 0.776. The van der Waals surface area contributed by atoms with Crippen molar-refractivity contribution in [3.8, 4) is 11.5 Å². The van der Waals surface area contributed by atoms with E-state index in [1.54, 1.807) is 0 Å². The highest BCUT2D eigenvalue weighted by atomic mass is 16.5. The van der Waals surface area contributed by atoms with Crippen molar-refractivity contribution in [2.24, 2.45) is 5.73 Å². The Morgan fingerprint density at radius 2 is 1.86 bits per heavy atom. The van der Waals surface area contributed by atoms with E-state index in [0.717, 1.165) is 30.8 Å². The molecule has 2 atom stereocenters. The normalized spacial score (nSPS) is 28.9. The number of benzene rings is 1. The molecule has 1 aromatic carbocycles. The zero-order chi connectivity index (χ0) is 14.2. The molecule has 2 N–H and O–H groups in total. The fourth-order valence-electron chi connectivity index (χ4n) is 3.75. The second-order valence-corrected chi connectivity index (χ2v) is 6.17. The van der Waals surface area contributed by atoms with Crippen LogP contribution in [-0.4, -0.2) is 33.2 Å². The van der Waals surface area contributed by atoms with E-state index in [9.17, 15) is 0 Å². The van der Waals surface area contributed by atoms with Crippen molar-refractivity contribution in [1.82, 2.24) is 15.0 Å². The average molecular weight is 284 g/mol. The minimum atomic E-state index is 0.365. The molecule has 0 spiro atoms. The molecule has 2 aliphatic rings. The molecule has 2 saturated heterocycles. The van der Waals surface area contributed by atoms with Gasteiger partial charge in [0.25, 0.3) is 5.89 Å². The second-order valence-electron chi connectivity index (χ2n) is 6.17. The summed E-state index contributed by atoms with van der Waals surface area (Å²) in [6.07, 6.45) is 4.70. The molecule has 0 saturated carbocycles. The number of rotatable bonds is 3. The lowest BCUT2D eigenvalue weighted by Crippen LogP contribution is -2.46. The Labute approximate surface area is 124 Å². The van der Waals surface area contributed by atoms with Crippen molar-refractivity contribution in [2.75, 3.05) is 0 Å². The van der Waals surface area contributed by atoms with E-state index in [4.69, 9.17) is 10.3 Å². The lowest BCUT2D eigenvalue weighted by atomic mass is 9.98. The highest BCUT2D eigenvalue weighted by Crippen LogP contribution is 2.36. The molecule has 2 bridgehead atoms. The summed E-state index contributed by atoms with van der Waals surface area (Å²) >= 11 is 0. The van der Waals surface area contributed by atoms with E-state index in [1.807, 2.05) is 30.3 Å². The third kappa shape index (κ3) is 2.47. The molecule has 2 aromatic rings. The van der Waals surface area contributed by atoms with E-state index >= 15 is 0 Å². The van der Waals surface area contributed by atoms with E-state index in [2.05, 4.69) is 15.0 Å². The van der Waals surface area contributed by atoms with Crippen LogP contribution in [0.1, 0.15) is 31.5 Å². The van der Waals surface area contributed by atoms with Crippen LogP contribution in [0.3, 0.4) is 0 Å². The summed E-state index contributed by atoms with van der Waals surface area (Å²) in [5, 5.41) is 4.14. The summed E-state index contributed by atoms with van der Waals surface area (Å²) < 4.78 is 5.39. The van der Waals surface area contributed by atoms with Crippen molar-refractivity contribution < 1.29 is 4.52 Å². The first-order valence-electron chi connectivity index (χ1n) is 7.69. The van der Waals surface area contributed by atoms with Crippen molar-refractivity contribution in [3.05, 3.63) is 36.2 Å². The summed E-state index contributed by atoms with van der Waals surface area (Å²) in [7, 11) is 0. The van der Waals surface area contributed by atoms with Gasteiger partial charge in [-0.1, -0.05) is 23.4 Å². The monoisotopic (exact) mass is 284 g/mol. The second kappa shape index (κ2) is 5.24. The number of nitrogens with zero attached hydrogens (tertiary/aromatic N) is 3. The van der Waals surface area contributed by atoms with Gasteiger partial charge in [0.2, 0.25) is 0 Å². The van der Waals surface area contributed by atoms with Crippen LogP contribution in [0.25, 0.3) is 11.5 Å². The minimum absolute atomic E-state index is 0.365. The minimum Gasteiger partial charge on any atom is -0.334 e. The molecule has 0 radical (unpaired) electrons. The van der Waals surface area contributed by atoms with Gasteiger partial charge < -0.3 is 10.3 Å². The van der Waals surface area contributed by atoms with Gasteiger partial charge >= 0.3 is 0 Å². The maximum Gasteiger partial charge on any atom is 0.257 e.